The number of amides is 1. The van der Waals surface area contributed by atoms with Gasteiger partial charge in [-0.1, -0.05) is 6.92 Å². The van der Waals surface area contributed by atoms with E-state index in [1.54, 1.807) is 0 Å². The zero-order valence-corrected chi connectivity index (χ0v) is 11.9. The van der Waals surface area contributed by atoms with Crippen LogP contribution in [-0.4, -0.2) is 29.0 Å². The summed E-state index contributed by atoms with van der Waals surface area (Å²) in [5, 5.41) is 6.34. The van der Waals surface area contributed by atoms with Crippen LogP contribution in [0, 0.1) is 12.3 Å². The predicted molar refractivity (Wildman–Crippen MR) is 79.7 cm³/mol. The minimum absolute atomic E-state index is 0.112. The van der Waals surface area contributed by atoms with Gasteiger partial charge in [-0.25, -0.2) is 4.98 Å². The van der Waals surface area contributed by atoms with Crippen LogP contribution in [0.1, 0.15) is 25.6 Å². The third kappa shape index (κ3) is 2.18. The second-order valence-electron chi connectivity index (χ2n) is 5.57. The number of imidazole rings is 1. The van der Waals surface area contributed by atoms with Crippen LogP contribution in [0.2, 0.25) is 0 Å². The fourth-order valence-electron chi connectivity index (χ4n) is 2.88. The molecule has 1 fully saturated rings. The highest BCUT2D eigenvalue weighted by Gasteiger charge is 2.39. The molecule has 3 N–H and O–H groups in total. The number of H-pyrrole nitrogens is 1. The summed E-state index contributed by atoms with van der Waals surface area (Å²) in [4.78, 5) is 20.1. The lowest BCUT2D eigenvalue weighted by Crippen LogP contribution is -2.37. The van der Waals surface area contributed by atoms with Crippen LogP contribution in [0.4, 0.5) is 5.69 Å². The second kappa shape index (κ2) is 4.90. The van der Waals surface area contributed by atoms with E-state index in [0.717, 1.165) is 48.5 Å². The summed E-state index contributed by atoms with van der Waals surface area (Å²) < 4.78 is 0. The summed E-state index contributed by atoms with van der Waals surface area (Å²) >= 11 is 0. The molecule has 5 heteroatoms. The number of aryl methyl sites for hydroxylation is 1. The minimum Gasteiger partial charge on any atom is -0.342 e. The highest BCUT2D eigenvalue weighted by atomic mass is 16.2. The van der Waals surface area contributed by atoms with Crippen LogP contribution >= 0.6 is 0 Å². The summed E-state index contributed by atoms with van der Waals surface area (Å²) in [5.74, 6) is 0.995. The summed E-state index contributed by atoms with van der Waals surface area (Å²) in [7, 11) is 0. The zero-order chi connectivity index (χ0) is 14.2. The number of fused-ring (bicyclic) bond motifs is 1. The first kappa shape index (κ1) is 13.1. The molecule has 1 aliphatic rings. The van der Waals surface area contributed by atoms with Gasteiger partial charge >= 0.3 is 0 Å². The highest BCUT2D eigenvalue weighted by Crippen LogP contribution is 2.31. The lowest BCUT2D eigenvalue weighted by atomic mass is 9.83. The molecule has 1 aromatic carbocycles. The van der Waals surface area contributed by atoms with Crippen LogP contribution < -0.4 is 10.6 Å². The first-order valence-corrected chi connectivity index (χ1v) is 7.11. The Morgan fingerprint density at radius 1 is 1.50 bits per heavy atom. The Morgan fingerprint density at radius 3 is 3.05 bits per heavy atom. The van der Waals surface area contributed by atoms with Crippen LogP contribution in [0.3, 0.4) is 0 Å². The van der Waals surface area contributed by atoms with Crippen molar-refractivity contribution in [2.75, 3.05) is 18.4 Å². The second-order valence-corrected chi connectivity index (χ2v) is 5.57. The molecule has 106 valence electrons. The summed E-state index contributed by atoms with van der Waals surface area (Å²) in [6, 6.07) is 5.78. The smallest absolute Gasteiger partial charge is 0.231 e. The third-order valence-corrected chi connectivity index (χ3v) is 4.26. The van der Waals surface area contributed by atoms with Crippen LogP contribution in [0.5, 0.6) is 0 Å². The molecule has 2 aromatic rings. The number of aromatic nitrogens is 2. The van der Waals surface area contributed by atoms with Crippen molar-refractivity contribution in [3.05, 3.63) is 24.0 Å². The van der Waals surface area contributed by atoms with Crippen LogP contribution in [-0.2, 0) is 4.79 Å². The Kier molecular flexibility index (Phi) is 3.22. The molecule has 20 heavy (non-hydrogen) atoms. The number of carbonyl (C=O) groups excluding carboxylic acids is 1. The third-order valence-electron chi connectivity index (χ3n) is 4.26. The van der Waals surface area contributed by atoms with Gasteiger partial charge in [0.15, 0.2) is 0 Å². The van der Waals surface area contributed by atoms with Gasteiger partial charge in [-0.3, -0.25) is 4.79 Å². The quantitative estimate of drug-likeness (QED) is 0.802. The topological polar surface area (TPSA) is 69.8 Å². The minimum atomic E-state index is -0.265. The molecule has 3 rings (SSSR count). The molecule has 5 nitrogen and oxygen atoms in total. The molecule has 0 radical (unpaired) electrons. The summed E-state index contributed by atoms with van der Waals surface area (Å²) in [6.07, 6.45) is 1.76. The summed E-state index contributed by atoms with van der Waals surface area (Å²) in [5.41, 5.74) is 2.44. The fourth-order valence-corrected chi connectivity index (χ4v) is 2.88. The molecule has 2 heterocycles. The molecule has 0 saturated carbocycles. The predicted octanol–water partition coefficient (Wildman–Crippen LogP) is 2.20. The lowest BCUT2D eigenvalue weighted by molar-refractivity contribution is -0.124. The first-order chi connectivity index (χ1) is 9.63. The largest absolute Gasteiger partial charge is 0.342 e. The number of benzene rings is 1. The molecule has 1 unspecified atom stereocenters. The van der Waals surface area contributed by atoms with Crippen LogP contribution in [0.15, 0.2) is 18.2 Å². The van der Waals surface area contributed by atoms with E-state index in [1.807, 2.05) is 25.1 Å². The van der Waals surface area contributed by atoms with E-state index >= 15 is 0 Å². The van der Waals surface area contributed by atoms with Crippen molar-refractivity contribution >= 4 is 22.6 Å². The van der Waals surface area contributed by atoms with Gasteiger partial charge in [0.05, 0.1) is 16.4 Å². The van der Waals surface area contributed by atoms with Gasteiger partial charge in [0.1, 0.15) is 5.82 Å². The molecule has 1 aromatic heterocycles. The fraction of sp³-hybridized carbons (Fsp3) is 0.467. The van der Waals surface area contributed by atoms with Gasteiger partial charge in [0.25, 0.3) is 0 Å². The maximum atomic E-state index is 12.5. The van der Waals surface area contributed by atoms with E-state index < -0.39 is 0 Å². The van der Waals surface area contributed by atoms with Crippen LogP contribution in [0.25, 0.3) is 11.0 Å². The Morgan fingerprint density at radius 2 is 2.35 bits per heavy atom. The number of aromatic amines is 1. The monoisotopic (exact) mass is 272 g/mol. The SMILES string of the molecule is CCC1(C(=O)Nc2ccc3nc(C)[nH]c3c2)CCNC1. The lowest BCUT2D eigenvalue weighted by Gasteiger charge is -2.25. The number of nitrogens with one attached hydrogen (secondary N) is 3. The molecule has 0 aliphatic carbocycles. The molecule has 0 spiro atoms. The summed E-state index contributed by atoms with van der Waals surface area (Å²) in [6.45, 7) is 5.68. The Bertz CT molecular complexity index is 640. The van der Waals surface area contributed by atoms with Gasteiger partial charge < -0.3 is 15.6 Å². The number of carbonyl (C=O) groups is 1. The van der Waals surface area contributed by atoms with Crippen molar-refractivity contribution in [2.45, 2.75) is 26.7 Å². The maximum absolute atomic E-state index is 12.5. The molecule has 1 amide bonds. The van der Waals surface area contributed by atoms with E-state index in [-0.39, 0.29) is 11.3 Å². The number of nitrogens with zero attached hydrogens (tertiary/aromatic N) is 1. The van der Waals surface area contributed by atoms with Crippen molar-refractivity contribution in [1.82, 2.24) is 15.3 Å². The Labute approximate surface area is 118 Å². The Hall–Kier alpha value is -1.88. The molecular formula is C15H20N4O. The Balaban J connectivity index is 1.83. The number of rotatable bonds is 3. The van der Waals surface area contributed by atoms with E-state index in [1.165, 1.54) is 0 Å². The highest BCUT2D eigenvalue weighted by molar-refractivity contribution is 5.97. The van der Waals surface area contributed by atoms with Gasteiger partial charge in [-0.05, 0) is 44.5 Å². The van der Waals surface area contributed by atoms with E-state index in [9.17, 15) is 4.79 Å². The average molecular weight is 272 g/mol. The van der Waals surface area contributed by atoms with Crippen molar-refractivity contribution in [2.24, 2.45) is 5.41 Å². The normalized spacial score (nSPS) is 22.3. The average Bonchev–Trinajstić information content (AvgIpc) is 3.04. The van der Waals surface area contributed by atoms with Crippen molar-refractivity contribution in [3.8, 4) is 0 Å². The number of hydrogen-bond donors (Lipinski definition) is 3. The van der Waals surface area contributed by atoms with Gasteiger partial charge in [-0.15, -0.1) is 0 Å². The van der Waals surface area contributed by atoms with Crippen molar-refractivity contribution in [1.29, 1.82) is 0 Å². The van der Waals surface area contributed by atoms with Crippen molar-refractivity contribution in [3.63, 3.8) is 0 Å². The van der Waals surface area contributed by atoms with Gasteiger partial charge in [-0.2, -0.15) is 0 Å². The van der Waals surface area contributed by atoms with Gasteiger partial charge in [0, 0.05) is 12.2 Å². The van der Waals surface area contributed by atoms with E-state index in [0.29, 0.717) is 0 Å². The van der Waals surface area contributed by atoms with E-state index in [4.69, 9.17) is 0 Å². The maximum Gasteiger partial charge on any atom is 0.231 e. The number of hydrogen-bond acceptors (Lipinski definition) is 3. The molecule has 1 saturated heterocycles. The van der Waals surface area contributed by atoms with Crippen molar-refractivity contribution < 1.29 is 4.79 Å². The zero-order valence-electron chi connectivity index (χ0n) is 11.9. The van der Waals surface area contributed by atoms with Gasteiger partial charge in [0.2, 0.25) is 5.91 Å². The molecular weight excluding hydrogens is 252 g/mol. The number of anilines is 1. The molecule has 1 atom stereocenters. The standard InChI is InChI=1S/C15H20N4O/c1-3-15(6-7-16-9-15)14(20)19-11-4-5-12-13(8-11)18-10(2)17-12/h4-5,8,16H,3,6-7,9H2,1-2H3,(H,17,18)(H,19,20). The molecule has 1 aliphatic heterocycles. The molecule has 0 bridgehead atoms. The van der Waals surface area contributed by atoms with E-state index in [2.05, 4.69) is 27.5 Å². The first-order valence-electron chi connectivity index (χ1n) is 7.11.